The van der Waals surface area contributed by atoms with E-state index in [0.29, 0.717) is 6.54 Å². The Morgan fingerprint density at radius 1 is 0.926 bits per heavy atom. The fourth-order valence-electron chi connectivity index (χ4n) is 3.11. The van der Waals surface area contributed by atoms with E-state index in [-0.39, 0.29) is 23.7 Å². The summed E-state index contributed by atoms with van der Waals surface area (Å²) in [6.45, 7) is 4.07. The first-order valence-electron chi connectivity index (χ1n) is 8.86. The summed E-state index contributed by atoms with van der Waals surface area (Å²) in [7, 11) is -3.58. The lowest BCUT2D eigenvalue weighted by Gasteiger charge is -2.36. The molecule has 0 aromatic heterocycles. The number of nitrogens with one attached hydrogen (secondary N) is 1. The number of hydrogen-bond acceptors (Lipinski definition) is 4. The van der Waals surface area contributed by atoms with Crippen molar-refractivity contribution in [3.05, 3.63) is 65.7 Å². The summed E-state index contributed by atoms with van der Waals surface area (Å²) in [5.41, 5.74) is 1.15. The minimum atomic E-state index is -3.58. The topological polar surface area (TPSA) is 52.7 Å². The second-order valence-corrected chi connectivity index (χ2v) is 8.36. The van der Waals surface area contributed by atoms with Gasteiger partial charge in [0.2, 0.25) is 10.0 Å². The largest absolute Gasteiger partial charge is 0.369 e. The molecule has 1 aliphatic rings. The van der Waals surface area contributed by atoms with Crippen LogP contribution in [-0.2, 0) is 15.8 Å². The fraction of sp³-hybridized carbons (Fsp3) is 0.368. The highest BCUT2D eigenvalue weighted by molar-refractivity contribution is 7.88. The summed E-state index contributed by atoms with van der Waals surface area (Å²) in [5.74, 6) is -1.13. The molecule has 0 atom stereocenters. The second kappa shape index (κ2) is 8.77. The summed E-state index contributed by atoms with van der Waals surface area (Å²) < 4.78 is 53.4. The predicted molar refractivity (Wildman–Crippen MR) is 102 cm³/mol. The van der Waals surface area contributed by atoms with Crippen molar-refractivity contribution < 1.29 is 17.2 Å². The van der Waals surface area contributed by atoms with Crippen LogP contribution in [0.2, 0.25) is 0 Å². The zero-order valence-electron chi connectivity index (χ0n) is 14.9. The third kappa shape index (κ3) is 5.72. The minimum Gasteiger partial charge on any atom is -0.369 e. The highest BCUT2D eigenvalue weighted by atomic mass is 32.2. The molecule has 0 saturated carbocycles. The first-order valence-corrected chi connectivity index (χ1v) is 10.5. The van der Waals surface area contributed by atoms with Crippen LogP contribution < -0.4 is 9.62 Å². The Morgan fingerprint density at radius 2 is 1.59 bits per heavy atom. The fourth-order valence-corrected chi connectivity index (χ4v) is 4.26. The third-order valence-electron chi connectivity index (χ3n) is 4.62. The summed E-state index contributed by atoms with van der Waals surface area (Å²) >= 11 is 0. The van der Waals surface area contributed by atoms with E-state index in [0.717, 1.165) is 31.9 Å². The molecule has 0 bridgehead atoms. The van der Waals surface area contributed by atoms with Crippen molar-refractivity contribution in [1.82, 2.24) is 9.62 Å². The SMILES string of the molecule is O=S(=O)(Cc1ccccc1F)NCCN1CCN(c2ccc(F)cc2)CC1. The van der Waals surface area contributed by atoms with Crippen LogP contribution in [-0.4, -0.2) is 52.6 Å². The summed E-state index contributed by atoms with van der Waals surface area (Å²) in [5, 5.41) is 0. The third-order valence-corrected chi connectivity index (χ3v) is 5.95. The average Bonchev–Trinajstić information content (AvgIpc) is 2.65. The highest BCUT2D eigenvalue weighted by Crippen LogP contribution is 2.16. The maximum absolute atomic E-state index is 13.6. The van der Waals surface area contributed by atoms with E-state index in [1.165, 1.54) is 30.3 Å². The quantitative estimate of drug-likeness (QED) is 0.781. The lowest BCUT2D eigenvalue weighted by atomic mass is 10.2. The molecule has 5 nitrogen and oxygen atoms in total. The molecule has 1 aliphatic heterocycles. The van der Waals surface area contributed by atoms with Gasteiger partial charge in [-0.25, -0.2) is 21.9 Å². The summed E-state index contributed by atoms with van der Waals surface area (Å²) in [6, 6.07) is 12.3. The molecule has 0 aliphatic carbocycles. The first kappa shape index (κ1) is 19.7. The Balaban J connectivity index is 1.42. The van der Waals surface area contributed by atoms with Crippen molar-refractivity contribution in [3.8, 4) is 0 Å². The van der Waals surface area contributed by atoms with E-state index in [1.807, 2.05) is 0 Å². The molecule has 3 rings (SSSR count). The molecular weight excluding hydrogens is 372 g/mol. The van der Waals surface area contributed by atoms with E-state index in [4.69, 9.17) is 0 Å². The number of piperazine rings is 1. The molecule has 1 heterocycles. The van der Waals surface area contributed by atoms with Gasteiger partial charge >= 0.3 is 0 Å². The summed E-state index contributed by atoms with van der Waals surface area (Å²) in [6.07, 6.45) is 0. The second-order valence-electron chi connectivity index (χ2n) is 6.55. The molecule has 0 unspecified atom stereocenters. The monoisotopic (exact) mass is 395 g/mol. The molecule has 2 aromatic carbocycles. The maximum atomic E-state index is 13.6. The van der Waals surface area contributed by atoms with Gasteiger partial charge in [-0.05, 0) is 30.3 Å². The number of anilines is 1. The van der Waals surface area contributed by atoms with Crippen molar-refractivity contribution in [1.29, 1.82) is 0 Å². The van der Waals surface area contributed by atoms with E-state index in [9.17, 15) is 17.2 Å². The number of sulfonamides is 1. The zero-order valence-corrected chi connectivity index (χ0v) is 15.8. The maximum Gasteiger partial charge on any atom is 0.215 e. The standard InChI is InChI=1S/C19H23F2N3O2S/c20-17-5-7-18(8-6-17)24-13-11-23(12-14-24)10-9-22-27(25,26)15-16-3-1-2-4-19(16)21/h1-8,22H,9-15H2. The van der Waals surface area contributed by atoms with Gasteiger partial charge in [-0.2, -0.15) is 0 Å². The molecule has 2 aromatic rings. The van der Waals surface area contributed by atoms with E-state index < -0.39 is 15.8 Å². The van der Waals surface area contributed by atoms with E-state index >= 15 is 0 Å². The minimum absolute atomic E-state index is 0.165. The van der Waals surface area contributed by atoms with Crippen molar-refractivity contribution >= 4 is 15.7 Å². The Hall–Kier alpha value is -2.03. The molecule has 8 heteroatoms. The van der Waals surface area contributed by atoms with Crippen LogP contribution in [0.1, 0.15) is 5.56 Å². The molecule has 1 fully saturated rings. The van der Waals surface area contributed by atoms with Crippen LogP contribution in [0.4, 0.5) is 14.5 Å². The summed E-state index contributed by atoms with van der Waals surface area (Å²) in [4.78, 5) is 4.35. The molecule has 146 valence electrons. The van der Waals surface area contributed by atoms with Gasteiger partial charge in [0, 0.05) is 50.5 Å². The molecular formula is C19H23F2N3O2S. The van der Waals surface area contributed by atoms with Crippen LogP contribution in [0.25, 0.3) is 0 Å². The number of hydrogen-bond donors (Lipinski definition) is 1. The van der Waals surface area contributed by atoms with E-state index in [1.54, 1.807) is 18.2 Å². The lowest BCUT2D eigenvalue weighted by molar-refractivity contribution is 0.262. The van der Waals surface area contributed by atoms with E-state index in [2.05, 4.69) is 14.5 Å². The molecule has 1 saturated heterocycles. The number of benzene rings is 2. The van der Waals surface area contributed by atoms with Crippen LogP contribution in [0, 0.1) is 11.6 Å². The van der Waals surface area contributed by atoms with Gasteiger partial charge in [0.1, 0.15) is 11.6 Å². The lowest BCUT2D eigenvalue weighted by Crippen LogP contribution is -2.48. The van der Waals surface area contributed by atoms with Crippen molar-refractivity contribution in [3.63, 3.8) is 0 Å². The van der Waals surface area contributed by atoms with Gasteiger partial charge in [0.05, 0.1) is 5.75 Å². The van der Waals surface area contributed by atoms with Crippen LogP contribution in [0.5, 0.6) is 0 Å². The van der Waals surface area contributed by atoms with Crippen LogP contribution >= 0.6 is 0 Å². The number of rotatable bonds is 7. The van der Waals surface area contributed by atoms with Crippen molar-refractivity contribution in [2.45, 2.75) is 5.75 Å². The van der Waals surface area contributed by atoms with Gasteiger partial charge in [0.15, 0.2) is 0 Å². The van der Waals surface area contributed by atoms with Crippen molar-refractivity contribution in [2.75, 3.05) is 44.2 Å². The van der Waals surface area contributed by atoms with Gasteiger partial charge in [-0.3, -0.25) is 4.90 Å². The number of halogens is 2. The predicted octanol–water partition coefficient (Wildman–Crippen LogP) is 2.21. The number of nitrogens with zero attached hydrogens (tertiary/aromatic N) is 2. The van der Waals surface area contributed by atoms with Crippen LogP contribution in [0.3, 0.4) is 0 Å². The Morgan fingerprint density at radius 3 is 2.26 bits per heavy atom. The smallest absolute Gasteiger partial charge is 0.215 e. The molecule has 27 heavy (non-hydrogen) atoms. The normalized spacial score (nSPS) is 15.9. The first-order chi connectivity index (χ1) is 12.9. The highest BCUT2D eigenvalue weighted by Gasteiger charge is 2.18. The Bertz CT molecular complexity index is 852. The van der Waals surface area contributed by atoms with Crippen molar-refractivity contribution in [2.24, 2.45) is 0 Å². The molecule has 1 N–H and O–H groups in total. The molecule has 0 spiro atoms. The van der Waals surface area contributed by atoms with Crippen LogP contribution in [0.15, 0.2) is 48.5 Å². The zero-order chi connectivity index (χ0) is 19.3. The molecule has 0 radical (unpaired) electrons. The Kier molecular flexibility index (Phi) is 6.41. The Labute approximate surface area is 158 Å². The average molecular weight is 395 g/mol. The van der Waals surface area contributed by atoms with Gasteiger partial charge in [0.25, 0.3) is 0 Å². The van der Waals surface area contributed by atoms with Gasteiger partial charge < -0.3 is 4.90 Å². The molecule has 0 amide bonds. The van der Waals surface area contributed by atoms with Gasteiger partial charge in [-0.15, -0.1) is 0 Å². The van der Waals surface area contributed by atoms with Gasteiger partial charge in [-0.1, -0.05) is 18.2 Å².